The minimum absolute atomic E-state index is 0.0253. The van der Waals surface area contributed by atoms with Crippen LogP contribution in [-0.2, 0) is 20.8 Å². The van der Waals surface area contributed by atoms with Crippen molar-refractivity contribution in [1.82, 2.24) is 15.5 Å². The number of halogens is 2. The maximum Gasteiger partial charge on any atom is 0.328 e. The van der Waals surface area contributed by atoms with Gasteiger partial charge in [-0.25, -0.2) is 4.79 Å². The first-order valence-electron chi connectivity index (χ1n) is 11.4. The summed E-state index contributed by atoms with van der Waals surface area (Å²) in [7, 11) is 1.49. The van der Waals surface area contributed by atoms with Crippen molar-refractivity contribution in [3.05, 3.63) is 63.5 Å². The highest BCUT2D eigenvalue weighted by atomic mass is 35.5. The van der Waals surface area contributed by atoms with E-state index in [4.69, 9.17) is 27.6 Å². The minimum atomic E-state index is -1.36. The molecule has 0 aliphatic carbocycles. The molecule has 1 saturated heterocycles. The summed E-state index contributed by atoms with van der Waals surface area (Å²) >= 11 is 12.6. The van der Waals surface area contributed by atoms with Gasteiger partial charge in [0.1, 0.15) is 11.8 Å². The first kappa shape index (κ1) is 27.4. The van der Waals surface area contributed by atoms with Gasteiger partial charge < -0.3 is 25.1 Å². The molecule has 3 rings (SSSR count). The van der Waals surface area contributed by atoms with E-state index in [0.29, 0.717) is 24.2 Å². The molecule has 0 spiro atoms. The Hall–Kier alpha value is -3.14. The fourth-order valence-electron chi connectivity index (χ4n) is 3.84. The number of ketones is 1. The van der Waals surface area contributed by atoms with E-state index in [2.05, 4.69) is 10.6 Å². The fraction of sp³-hybridized carbons (Fsp3) is 0.360. The molecule has 3 N–H and O–H groups in total. The molecule has 1 aliphatic rings. The van der Waals surface area contributed by atoms with E-state index < -0.39 is 17.9 Å². The Balaban J connectivity index is 1.61. The van der Waals surface area contributed by atoms with Gasteiger partial charge in [0.2, 0.25) is 5.91 Å². The monoisotopic (exact) mass is 535 g/mol. The Morgan fingerprint density at radius 3 is 2.58 bits per heavy atom. The summed E-state index contributed by atoms with van der Waals surface area (Å²) in [6.45, 7) is 0.505. The molecule has 0 bridgehead atoms. The first-order chi connectivity index (χ1) is 17.2. The van der Waals surface area contributed by atoms with Gasteiger partial charge in [-0.05, 0) is 67.8 Å². The maximum absolute atomic E-state index is 12.9. The van der Waals surface area contributed by atoms with Gasteiger partial charge in [0.05, 0.1) is 34.5 Å². The van der Waals surface area contributed by atoms with E-state index in [1.54, 1.807) is 18.2 Å². The number of carboxylic acids is 1. The number of hydrogen-bond donors (Lipinski definition) is 3. The van der Waals surface area contributed by atoms with Crippen molar-refractivity contribution in [2.45, 2.75) is 37.8 Å². The topological polar surface area (TPSA) is 129 Å². The number of furan rings is 1. The summed E-state index contributed by atoms with van der Waals surface area (Å²) < 4.78 is 5.14. The molecule has 0 saturated carbocycles. The largest absolute Gasteiger partial charge is 0.480 e. The number of carbonyl (C=O) groups excluding carboxylic acids is 3. The molecule has 1 fully saturated rings. The molecular weight excluding hydrogens is 509 g/mol. The lowest BCUT2D eigenvalue weighted by Crippen LogP contribution is -2.51. The van der Waals surface area contributed by atoms with Crippen LogP contribution in [0.4, 0.5) is 0 Å². The van der Waals surface area contributed by atoms with Gasteiger partial charge >= 0.3 is 5.97 Å². The molecule has 2 atom stereocenters. The van der Waals surface area contributed by atoms with Gasteiger partial charge in [0, 0.05) is 13.5 Å². The van der Waals surface area contributed by atoms with E-state index in [1.165, 1.54) is 36.4 Å². The lowest BCUT2D eigenvalue weighted by molar-refractivity contribution is -0.141. The summed E-state index contributed by atoms with van der Waals surface area (Å²) in [4.78, 5) is 50.5. The van der Waals surface area contributed by atoms with Gasteiger partial charge in [-0.3, -0.25) is 14.4 Å². The maximum atomic E-state index is 12.9. The van der Waals surface area contributed by atoms with Crippen LogP contribution in [-0.4, -0.2) is 65.8 Å². The van der Waals surface area contributed by atoms with Gasteiger partial charge in [-0.1, -0.05) is 23.2 Å². The molecule has 2 aromatic rings. The highest BCUT2D eigenvalue weighted by molar-refractivity contribution is 6.39. The number of nitrogens with one attached hydrogen (secondary N) is 2. The van der Waals surface area contributed by atoms with Crippen LogP contribution in [0.1, 0.15) is 40.9 Å². The SMILES string of the molecule is CN(C[C@H](NC(=O)c1c(Cl)cc(CCC(=O)/C=C/c2ccco2)cc1Cl)C(=O)O)C(=O)[C@@H]1CCCN1. The number of hydrogen-bond acceptors (Lipinski definition) is 6. The molecule has 1 aliphatic heterocycles. The number of aryl methyl sites for hydroxylation is 1. The Kier molecular flexibility index (Phi) is 9.69. The van der Waals surface area contributed by atoms with Crippen molar-refractivity contribution in [3.63, 3.8) is 0 Å². The van der Waals surface area contributed by atoms with Gasteiger partial charge in [0.25, 0.3) is 5.91 Å². The third kappa shape index (κ3) is 7.43. The fourth-order valence-corrected chi connectivity index (χ4v) is 4.54. The van der Waals surface area contributed by atoms with Crippen molar-refractivity contribution in [2.75, 3.05) is 20.1 Å². The summed E-state index contributed by atoms with van der Waals surface area (Å²) in [6.07, 6.45) is 6.57. The average molecular weight is 536 g/mol. The molecule has 192 valence electrons. The van der Waals surface area contributed by atoms with Crippen LogP contribution in [0.25, 0.3) is 6.08 Å². The van der Waals surface area contributed by atoms with E-state index in [9.17, 15) is 24.3 Å². The molecule has 9 nitrogen and oxygen atoms in total. The first-order valence-corrected chi connectivity index (χ1v) is 12.2. The second-order valence-corrected chi connectivity index (χ2v) is 9.30. The number of carbonyl (C=O) groups is 4. The summed E-state index contributed by atoms with van der Waals surface area (Å²) in [6, 6.07) is 4.76. The second-order valence-electron chi connectivity index (χ2n) is 8.48. The van der Waals surface area contributed by atoms with E-state index in [0.717, 1.165) is 13.0 Å². The van der Waals surface area contributed by atoms with Gasteiger partial charge in [-0.2, -0.15) is 0 Å². The predicted molar refractivity (Wildman–Crippen MR) is 135 cm³/mol. The van der Waals surface area contributed by atoms with Crippen LogP contribution in [0.5, 0.6) is 0 Å². The third-order valence-electron chi connectivity index (χ3n) is 5.76. The van der Waals surface area contributed by atoms with Gasteiger partial charge in [-0.15, -0.1) is 0 Å². The zero-order valence-corrected chi connectivity index (χ0v) is 21.1. The summed E-state index contributed by atoms with van der Waals surface area (Å²) in [5.41, 5.74) is 0.564. The van der Waals surface area contributed by atoms with Crippen LogP contribution < -0.4 is 10.6 Å². The molecular formula is C25H27Cl2N3O6. The summed E-state index contributed by atoms with van der Waals surface area (Å²) in [5.74, 6) is -1.87. The van der Waals surface area contributed by atoms with E-state index in [-0.39, 0.29) is 46.3 Å². The lowest BCUT2D eigenvalue weighted by atomic mass is 10.0. The van der Waals surface area contributed by atoms with Crippen LogP contribution in [0.3, 0.4) is 0 Å². The highest BCUT2D eigenvalue weighted by Gasteiger charge is 2.30. The minimum Gasteiger partial charge on any atom is -0.480 e. The van der Waals surface area contributed by atoms with Crippen molar-refractivity contribution in [1.29, 1.82) is 0 Å². The Morgan fingerprint density at radius 1 is 1.28 bits per heavy atom. The van der Waals surface area contributed by atoms with Crippen molar-refractivity contribution in [2.24, 2.45) is 0 Å². The van der Waals surface area contributed by atoms with Gasteiger partial charge in [0.15, 0.2) is 5.78 Å². The molecule has 2 amide bonds. The zero-order chi connectivity index (χ0) is 26.2. The van der Waals surface area contributed by atoms with Crippen molar-refractivity contribution in [3.8, 4) is 0 Å². The molecule has 0 unspecified atom stereocenters. The number of aliphatic carboxylic acids is 1. The van der Waals surface area contributed by atoms with E-state index in [1.807, 2.05) is 0 Å². The second kappa shape index (κ2) is 12.7. The zero-order valence-electron chi connectivity index (χ0n) is 19.6. The van der Waals surface area contributed by atoms with Crippen LogP contribution in [0, 0.1) is 0 Å². The molecule has 36 heavy (non-hydrogen) atoms. The van der Waals surface area contributed by atoms with Crippen LogP contribution >= 0.6 is 23.2 Å². The smallest absolute Gasteiger partial charge is 0.328 e. The molecule has 1 aromatic heterocycles. The standard InChI is InChI=1S/C25H27Cl2N3O6/c1-30(24(33)20-5-2-10-28-20)14-21(25(34)35)29-23(32)22-18(26)12-15(13-19(22)27)6-7-16(31)8-9-17-4-3-11-36-17/h3-4,8-9,11-13,20-21,28H,2,5-7,10,14H2,1H3,(H,29,32)(H,34,35)/b9-8+/t20-,21-/m0/s1. The number of benzene rings is 1. The summed E-state index contributed by atoms with van der Waals surface area (Å²) in [5, 5.41) is 15.1. The number of likely N-dealkylation sites (N-methyl/N-ethyl adjacent to an activating group) is 1. The molecule has 1 aromatic carbocycles. The Morgan fingerprint density at radius 2 is 2.00 bits per heavy atom. The van der Waals surface area contributed by atoms with Crippen LogP contribution in [0.2, 0.25) is 10.0 Å². The quantitative estimate of drug-likeness (QED) is 0.376. The van der Waals surface area contributed by atoms with E-state index >= 15 is 0 Å². The Bertz CT molecular complexity index is 1120. The van der Waals surface area contributed by atoms with Crippen molar-refractivity contribution < 1.29 is 28.7 Å². The lowest BCUT2D eigenvalue weighted by Gasteiger charge is -2.25. The number of nitrogens with zero attached hydrogens (tertiary/aromatic N) is 1. The average Bonchev–Trinajstić information content (AvgIpc) is 3.54. The third-order valence-corrected chi connectivity index (χ3v) is 6.36. The molecule has 11 heteroatoms. The van der Waals surface area contributed by atoms with Crippen molar-refractivity contribution >= 4 is 52.8 Å². The number of allylic oxidation sites excluding steroid dienone is 1. The number of rotatable bonds is 11. The predicted octanol–water partition coefficient (Wildman–Crippen LogP) is 3.19. The molecule has 2 heterocycles. The number of amides is 2. The Labute approximate surface area is 218 Å². The van der Waals surface area contributed by atoms with Crippen LogP contribution in [0.15, 0.2) is 41.0 Å². The number of carboxylic acid groups (broad SMARTS) is 1. The molecule has 0 radical (unpaired) electrons. The normalized spacial score (nSPS) is 16.1. The highest BCUT2D eigenvalue weighted by Crippen LogP contribution is 2.27.